The van der Waals surface area contributed by atoms with E-state index in [0.717, 1.165) is 13.0 Å². The van der Waals surface area contributed by atoms with Gasteiger partial charge in [0, 0.05) is 12.6 Å². The van der Waals surface area contributed by atoms with Crippen LogP contribution in [0.25, 0.3) is 0 Å². The zero-order chi connectivity index (χ0) is 20.4. The molecule has 4 rings (SSSR count). The van der Waals surface area contributed by atoms with Gasteiger partial charge in [-0.3, -0.25) is 9.69 Å². The van der Waals surface area contributed by atoms with E-state index in [9.17, 15) is 4.79 Å². The molecule has 2 fully saturated rings. The zero-order valence-electron chi connectivity index (χ0n) is 17.3. The molecule has 29 heavy (non-hydrogen) atoms. The first-order valence-corrected chi connectivity index (χ1v) is 9.93. The van der Waals surface area contributed by atoms with Crippen LogP contribution < -0.4 is 9.47 Å². The molecule has 2 saturated heterocycles. The first-order chi connectivity index (χ1) is 14.0. The molecule has 2 aliphatic heterocycles. The van der Waals surface area contributed by atoms with Crippen molar-refractivity contribution in [1.29, 1.82) is 0 Å². The van der Waals surface area contributed by atoms with E-state index in [0.29, 0.717) is 42.8 Å². The highest BCUT2D eigenvalue weighted by molar-refractivity contribution is 5.98. The van der Waals surface area contributed by atoms with Crippen LogP contribution in [0, 0.1) is 0 Å². The van der Waals surface area contributed by atoms with E-state index in [1.165, 1.54) is 5.56 Å². The number of rotatable bonds is 6. The molecule has 6 heteroatoms. The lowest BCUT2D eigenvalue weighted by Gasteiger charge is -2.47. The van der Waals surface area contributed by atoms with Crippen molar-refractivity contribution >= 4 is 5.91 Å². The normalized spacial score (nSPS) is 20.0. The molecule has 2 aliphatic rings. The fraction of sp³-hybridized carbons (Fsp3) is 0.435. The van der Waals surface area contributed by atoms with Gasteiger partial charge in [-0.2, -0.15) is 0 Å². The molecular weight excluding hydrogens is 368 g/mol. The number of hydrogen-bond donors (Lipinski definition) is 0. The molecule has 2 aromatic carbocycles. The summed E-state index contributed by atoms with van der Waals surface area (Å²) in [4.78, 5) is 17.2. The maximum absolute atomic E-state index is 13.0. The summed E-state index contributed by atoms with van der Waals surface area (Å²) in [7, 11) is 5.27. The molecule has 0 radical (unpaired) electrons. The molecule has 0 bridgehead atoms. The Morgan fingerprint density at radius 2 is 1.90 bits per heavy atom. The highest BCUT2D eigenvalue weighted by Gasteiger charge is 2.52. The van der Waals surface area contributed by atoms with Gasteiger partial charge in [-0.25, -0.2) is 0 Å². The van der Waals surface area contributed by atoms with Crippen LogP contribution in [0.15, 0.2) is 48.5 Å². The highest BCUT2D eigenvalue weighted by Crippen LogP contribution is 2.39. The second-order valence-electron chi connectivity index (χ2n) is 7.95. The number of para-hydroxylation sites is 1. The second-order valence-corrected chi connectivity index (χ2v) is 7.95. The summed E-state index contributed by atoms with van der Waals surface area (Å²) in [6.45, 7) is 2.83. The molecular formula is C23H28N2O4. The Morgan fingerprint density at radius 3 is 2.59 bits per heavy atom. The van der Waals surface area contributed by atoms with Gasteiger partial charge in [0.25, 0.3) is 5.91 Å². The predicted octanol–water partition coefficient (Wildman–Crippen LogP) is 2.82. The smallest absolute Gasteiger partial charge is 0.257 e. The Hall–Kier alpha value is -2.57. The summed E-state index contributed by atoms with van der Waals surface area (Å²) < 4.78 is 16.9. The third kappa shape index (κ3) is 3.82. The summed E-state index contributed by atoms with van der Waals surface area (Å²) in [5.74, 6) is 0.998. The van der Waals surface area contributed by atoms with E-state index in [1.807, 2.05) is 17.0 Å². The number of ether oxygens (including phenoxy) is 3. The van der Waals surface area contributed by atoms with Crippen LogP contribution >= 0.6 is 0 Å². The van der Waals surface area contributed by atoms with Crippen molar-refractivity contribution in [3.05, 3.63) is 59.7 Å². The fourth-order valence-electron chi connectivity index (χ4n) is 4.34. The van der Waals surface area contributed by atoms with Gasteiger partial charge in [0.2, 0.25) is 0 Å². The summed E-state index contributed by atoms with van der Waals surface area (Å²) in [5.41, 5.74) is 1.60. The molecule has 0 unspecified atom stereocenters. The molecule has 0 aliphatic carbocycles. The lowest BCUT2D eigenvalue weighted by atomic mass is 9.88. The first-order valence-electron chi connectivity index (χ1n) is 9.93. The number of carbonyl (C=O) groups excluding carboxylic acids is 1. The monoisotopic (exact) mass is 396 g/mol. The third-order valence-corrected chi connectivity index (χ3v) is 5.97. The molecule has 1 spiro atoms. The maximum Gasteiger partial charge on any atom is 0.257 e. The van der Waals surface area contributed by atoms with Crippen molar-refractivity contribution in [2.45, 2.75) is 24.6 Å². The molecule has 0 aromatic heterocycles. The molecule has 154 valence electrons. The van der Waals surface area contributed by atoms with Crippen LogP contribution in [0.4, 0.5) is 0 Å². The van der Waals surface area contributed by atoms with Gasteiger partial charge in [-0.15, -0.1) is 0 Å². The van der Waals surface area contributed by atoms with Crippen LogP contribution in [-0.2, 0) is 11.3 Å². The average molecular weight is 396 g/mol. The lowest BCUT2D eigenvalue weighted by Crippen LogP contribution is -2.63. The standard InChI is InChI=1S/C23H28N2O4/c1-24(13-17-8-5-4-6-9-17)18-12-23(29-14-18)15-25(16-23)22(26)19-10-7-11-20(27-2)21(19)28-3/h4-11,18H,12-16H2,1-3H3/t18-/m0/s1. The number of benzene rings is 2. The number of likely N-dealkylation sites (tertiary alicyclic amines) is 1. The third-order valence-electron chi connectivity index (χ3n) is 5.97. The van der Waals surface area contributed by atoms with Crippen molar-refractivity contribution < 1.29 is 19.0 Å². The van der Waals surface area contributed by atoms with Gasteiger partial charge in [0.05, 0.1) is 39.5 Å². The van der Waals surface area contributed by atoms with Crippen molar-refractivity contribution in [3.63, 3.8) is 0 Å². The number of nitrogens with zero attached hydrogens (tertiary/aromatic N) is 2. The Morgan fingerprint density at radius 1 is 1.14 bits per heavy atom. The van der Waals surface area contributed by atoms with E-state index in [4.69, 9.17) is 14.2 Å². The molecule has 2 aromatic rings. The predicted molar refractivity (Wildman–Crippen MR) is 110 cm³/mol. The van der Waals surface area contributed by atoms with Gasteiger partial charge < -0.3 is 19.1 Å². The van der Waals surface area contributed by atoms with Crippen LogP contribution in [-0.4, -0.2) is 68.3 Å². The number of hydrogen-bond acceptors (Lipinski definition) is 5. The zero-order valence-corrected chi connectivity index (χ0v) is 17.3. The van der Waals surface area contributed by atoms with E-state index in [2.05, 4.69) is 36.2 Å². The van der Waals surface area contributed by atoms with Crippen molar-refractivity contribution in [3.8, 4) is 11.5 Å². The minimum atomic E-state index is -0.225. The van der Waals surface area contributed by atoms with Gasteiger partial charge >= 0.3 is 0 Å². The SMILES string of the molecule is COc1cccc(C(=O)N2CC3(C[C@H](N(C)Cc4ccccc4)CO3)C2)c1OC. The number of likely N-dealkylation sites (N-methyl/N-ethyl adjacent to an activating group) is 1. The topological polar surface area (TPSA) is 51.2 Å². The van der Waals surface area contributed by atoms with Crippen molar-refractivity contribution in [2.24, 2.45) is 0 Å². The largest absolute Gasteiger partial charge is 0.493 e. The maximum atomic E-state index is 13.0. The fourth-order valence-corrected chi connectivity index (χ4v) is 4.34. The highest BCUT2D eigenvalue weighted by atomic mass is 16.5. The summed E-state index contributed by atoms with van der Waals surface area (Å²) in [6.07, 6.45) is 0.940. The number of carbonyl (C=O) groups is 1. The molecule has 1 amide bonds. The molecule has 2 heterocycles. The van der Waals surface area contributed by atoms with E-state index in [-0.39, 0.29) is 11.5 Å². The van der Waals surface area contributed by atoms with E-state index >= 15 is 0 Å². The van der Waals surface area contributed by atoms with Crippen LogP contribution in [0.5, 0.6) is 11.5 Å². The van der Waals surface area contributed by atoms with Crippen LogP contribution in [0.1, 0.15) is 22.3 Å². The summed E-state index contributed by atoms with van der Waals surface area (Å²) in [6, 6.07) is 16.2. The number of methoxy groups -OCH3 is 2. The second kappa shape index (κ2) is 8.05. The van der Waals surface area contributed by atoms with Gasteiger partial charge in [0.1, 0.15) is 5.60 Å². The Kier molecular flexibility index (Phi) is 5.48. The minimum absolute atomic E-state index is 0.0453. The molecule has 1 atom stereocenters. The summed E-state index contributed by atoms with van der Waals surface area (Å²) in [5, 5.41) is 0. The molecule has 6 nitrogen and oxygen atoms in total. The number of amides is 1. The molecule has 0 N–H and O–H groups in total. The van der Waals surface area contributed by atoms with Crippen LogP contribution in [0.3, 0.4) is 0 Å². The average Bonchev–Trinajstić information content (AvgIpc) is 3.18. The Balaban J connectivity index is 1.37. The first kappa shape index (κ1) is 19.7. The van der Waals surface area contributed by atoms with E-state index < -0.39 is 0 Å². The lowest BCUT2D eigenvalue weighted by molar-refractivity contribution is -0.0951. The van der Waals surface area contributed by atoms with Crippen molar-refractivity contribution in [1.82, 2.24) is 9.80 Å². The van der Waals surface area contributed by atoms with Crippen LogP contribution in [0.2, 0.25) is 0 Å². The minimum Gasteiger partial charge on any atom is -0.493 e. The Labute approximate surface area is 172 Å². The van der Waals surface area contributed by atoms with Gasteiger partial charge in [-0.05, 0) is 31.2 Å². The van der Waals surface area contributed by atoms with Gasteiger partial charge in [-0.1, -0.05) is 36.4 Å². The summed E-state index contributed by atoms with van der Waals surface area (Å²) >= 11 is 0. The Bertz CT molecular complexity index is 864. The van der Waals surface area contributed by atoms with E-state index in [1.54, 1.807) is 26.4 Å². The molecule has 0 saturated carbocycles. The van der Waals surface area contributed by atoms with Crippen molar-refractivity contribution in [2.75, 3.05) is 41.0 Å². The van der Waals surface area contributed by atoms with Gasteiger partial charge in [0.15, 0.2) is 11.5 Å². The quantitative estimate of drug-likeness (QED) is 0.752.